The topological polar surface area (TPSA) is 70.5 Å². The Kier molecular flexibility index (Phi) is 6.68. The number of rotatable bonds is 7. The molecule has 5 nitrogen and oxygen atoms in total. The fraction of sp³-hybridized carbons (Fsp3) is 0.250. The van der Waals surface area contributed by atoms with Crippen molar-refractivity contribution in [2.75, 3.05) is 4.90 Å². The lowest BCUT2D eigenvalue weighted by Gasteiger charge is -2.26. The highest BCUT2D eigenvalue weighted by molar-refractivity contribution is 6.51. The van der Waals surface area contributed by atoms with Crippen LogP contribution in [0.5, 0.6) is 0 Å². The minimum absolute atomic E-state index is 0.0884. The summed E-state index contributed by atoms with van der Waals surface area (Å²) in [6, 6.07) is 18.2. The van der Waals surface area contributed by atoms with Gasteiger partial charge < -0.3 is 5.11 Å². The van der Waals surface area contributed by atoms with Crippen molar-refractivity contribution < 1.29 is 14.7 Å². The molecule has 0 aliphatic carbocycles. The predicted molar refractivity (Wildman–Crippen MR) is 130 cm³/mol. The molecule has 1 aliphatic rings. The zero-order valence-corrected chi connectivity index (χ0v) is 19.0. The summed E-state index contributed by atoms with van der Waals surface area (Å²) in [7, 11) is 0. The van der Waals surface area contributed by atoms with Crippen LogP contribution in [0.25, 0.3) is 5.76 Å². The summed E-state index contributed by atoms with van der Waals surface area (Å²) < 4.78 is 0. The molecule has 1 atom stereocenters. The summed E-state index contributed by atoms with van der Waals surface area (Å²) in [5, 5.41) is 11.1. The fourth-order valence-electron chi connectivity index (χ4n) is 4.22. The monoisotopic (exact) mass is 440 g/mol. The van der Waals surface area contributed by atoms with Crippen LogP contribution in [0.4, 0.5) is 5.69 Å². The van der Waals surface area contributed by atoms with Crippen LogP contribution in [0.2, 0.25) is 0 Å². The largest absolute Gasteiger partial charge is 0.507 e. The van der Waals surface area contributed by atoms with Gasteiger partial charge >= 0.3 is 0 Å². The van der Waals surface area contributed by atoms with E-state index in [0.29, 0.717) is 11.3 Å². The number of hydrogen-bond donors (Lipinski definition) is 1. The number of aliphatic hydroxyl groups is 1. The first-order valence-electron chi connectivity index (χ1n) is 11.4. The molecule has 2 heterocycles. The molecule has 1 aliphatic heterocycles. The van der Waals surface area contributed by atoms with Crippen LogP contribution in [-0.4, -0.2) is 21.8 Å². The molecule has 5 heteroatoms. The lowest BCUT2D eigenvalue weighted by molar-refractivity contribution is -0.132. The number of aliphatic hydroxyl groups excluding tert-OH is 1. The summed E-state index contributed by atoms with van der Waals surface area (Å²) in [5.74, 6) is -1.53. The molecule has 0 radical (unpaired) electrons. The highest BCUT2D eigenvalue weighted by Gasteiger charge is 2.46. The Balaban J connectivity index is 1.84. The molecule has 168 valence electrons. The second kappa shape index (κ2) is 9.82. The lowest BCUT2D eigenvalue weighted by Crippen LogP contribution is -2.29. The molecule has 0 spiro atoms. The number of hydrogen-bond acceptors (Lipinski definition) is 4. The maximum absolute atomic E-state index is 13.2. The van der Waals surface area contributed by atoms with Gasteiger partial charge in [0.15, 0.2) is 0 Å². The van der Waals surface area contributed by atoms with Crippen LogP contribution in [-0.2, 0) is 22.4 Å². The summed E-state index contributed by atoms with van der Waals surface area (Å²) in [4.78, 5) is 31.9. The Morgan fingerprint density at radius 1 is 0.909 bits per heavy atom. The minimum Gasteiger partial charge on any atom is -0.507 e. The Hall–Kier alpha value is -3.73. The molecule has 1 fully saturated rings. The summed E-state index contributed by atoms with van der Waals surface area (Å²) >= 11 is 0. The normalized spacial score (nSPS) is 17.5. The number of aromatic nitrogens is 1. The number of unbranched alkanes of at least 4 members (excludes halogenated alkanes) is 1. The van der Waals surface area contributed by atoms with Crippen molar-refractivity contribution in [2.24, 2.45) is 0 Å². The molecule has 33 heavy (non-hydrogen) atoms. The number of carbonyl (C=O) groups excluding carboxylic acids is 2. The molecule has 1 unspecified atom stereocenters. The van der Waals surface area contributed by atoms with E-state index in [1.165, 1.54) is 10.5 Å². The Morgan fingerprint density at radius 3 is 2.15 bits per heavy atom. The van der Waals surface area contributed by atoms with Crippen LogP contribution in [0.3, 0.4) is 0 Å². The van der Waals surface area contributed by atoms with Gasteiger partial charge in [-0.15, -0.1) is 0 Å². The van der Waals surface area contributed by atoms with Crippen LogP contribution in [0.15, 0.2) is 78.6 Å². The van der Waals surface area contributed by atoms with Crippen molar-refractivity contribution in [1.29, 1.82) is 0 Å². The Labute approximate surface area is 194 Å². The summed E-state index contributed by atoms with van der Waals surface area (Å²) in [5.41, 5.74) is 4.30. The van der Waals surface area contributed by atoms with Gasteiger partial charge in [0.2, 0.25) is 0 Å². The van der Waals surface area contributed by atoms with E-state index < -0.39 is 17.7 Å². The highest BCUT2D eigenvalue weighted by atomic mass is 16.3. The molecular formula is C28H28N2O3. The van der Waals surface area contributed by atoms with Crippen molar-refractivity contribution in [3.8, 4) is 0 Å². The number of nitrogens with zero attached hydrogens (tertiary/aromatic N) is 2. The van der Waals surface area contributed by atoms with Crippen molar-refractivity contribution in [1.82, 2.24) is 4.98 Å². The van der Waals surface area contributed by atoms with Crippen molar-refractivity contribution >= 4 is 23.1 Å². The van der Waals surface area contributed by atoms with Crippen LogP contribution >= 0.6 is 0 Å². The van der Waals surface area contributed by atoms with E-state index in [9.17, 15) is 14.7 Å². The van der Waals surface area contributed by atoms with Crippen molar-refractivity contribution in [3.63, 3.8) is 0 Å². The lowest BCUT2D eigenvalue weighted by atomic mass is 9.94. The van der Waals surface area contributed by atoms with Crippen molar-refractivity contribution in [2.45, 2.75) is 45.6 Å². The zero-order chi connectivity index (χ0) is 23.4. The van der Waals surface area contributed by atoms with Gasteiger partial charge in [-0.25, -0.2) is 0 Å². The standard InChI is InChI=1S/C28H28N2O3/c1-3-5-6-20-9-13-23(14-10-20)30-25(21-11-7-19(4-2)8-12-21)24(27(32)28(30)33)26(31)22-15-17-29-18-16-22/h7-18,25,31H,3-6H2,1-2H3/b26-24-. The van der Waals surface area contributed by atoms with Crippen LogP contribution < -0.4 is 4.90 Å². The average Bonchev–Trinajstić information content (AvgIpc) is 3.13. The number of Topliss-reactive ketones (excluding diaryl/α,β-unsaturated/α-hetero) is 1. The SMILES string of the molecule is CCCCc1ccc(N2C(=O)C(=O)/C(=C(\O)c3ccncc3)C2c2ccc(CC)cc2)cc1. The molecule has 1 N–H and O–H groups in total. The fourth-order valence-corrected chi connectivity index (χ4v) is 4.22. The Bertz CT molecular complexity index is 1170. The molecule has 2 aromatic carbocycles. The van der Waals surface area contributed by atoms with E-state index in [1.54, 1.807) is 24.5 Å². The molecule has 1 amide bonds. The summed E-state index contributed by atoms with van der Waals surface area (Å²) in [6.07, 6.45) is 7.16. The molecule has 0 saturated carbocycles. The van der Waals surface area contributed by atoms with Gasteiger partial charge in [-0.1, -0.05) is 56.7 Å². The number of pyridine rings is 1. The molecule has 1 aromatic heterocycles. The van der Waals surface area contributed by atoms with Gasteiger partial charge in [0.25, 0.3) is 11.7 Å². The number of ketones is 1. The third-order valence-electron chi connectivity index (χ3n) is 6.14. The maximum atomic E-state index is 13.2. The van der Waals surface area contributed by atoms with E-state index >= 15 is 0 Å². The quantitative estimate of drug-likeness (QED) is 0.294. The number of carbonyl (C=O) groups is 2. The van der Waals surface area contributed by atoms with Crippen LogP contribution in [0, 0.1) is 0 Å². The van der Waals surface area contributed by atoms with Crippen LogP contribution in [0.1, 0.15) is 55.0 Å². The van der Waals surface area contributed by atoms with Gasteiger partial charge in [0.05, 0.1) is 11.6 Å². The number of benzene rings is 2. The first kappa shape index (κ1) is 22.5. The molecular weight excluding hydrogens is 412 g/mol. The smallest absolute Gasteiger partial charge is 0.300 e. The van der Waals surface area contributed by atoms with Gasteiger partial charge in [-0.05, 0) is 60.2 Å². The summed E-state index contributed by atoms with van der Waals surface area (Å²) in [6.45, 7) is 4.23. The third kappa shape index (κ3) is 4.44. The second-order valence-corrected chi connectivity index (χ2v) is 8.27. The maximum Gasteiger partial charge on any atom is 0.300 e. The van der Waals surface area contributed by atoms with E-state index in [0.717, 1.165) is 36.8 Å². The van der Waals surface area contributed by atoms with E-state index in [-0.39, 0.29) is 11.3 Å². The first-order chi connectivity index (χ1) is 16.0. The molecule has 1 saturated heterocycles. The molecule has 3 aromatic rings. The van der Waals surface area contributed by atoms with Crippen molar-refractivity contribution in [3.05, 3.63) is 101 Å². The van der Waals surface area contributed by atoms with Gasteiger partial charge in [0.1, 0.15) is 5.76 Å². The van der Waals surface area contributed by atoms with Gasteiger partial charge in [0, 0.05) is 23.6 Å². The van der Waals surface area contributed by atoms with E-state index in [2.05, 4.69) is 18.8 Å². The third-order valence-corrected chi connectivity index (χ3v) is 6.14. The minimum atomic E-state index is -0.717. The number of aryl methyl sites for hydroxylation is 2. The van der Waals surface area contributed by atoms with Gasteiger partial charge in [-0.2, -0.15) is 0 Å². The first-order valence-corrected chi connectivity index (χ1v) is 11.4. The second-order valence-electron chi connectivity index (χ2n) is 8.27. The predicted octanol–water partition coefficient (Wildman–Crippen LogP) is 5.61. The Morgan fingerprint density at radius 2 is 1.55 bits per heavy atom. The van der Waals surface area contributed by atoms with E-state index in [1.807, 2.05) is 48.5 Å². The highest BCUT2D eigenvalue weighted by Crippen LogP contribution is 2.42. The van der Waals surface area contributed by atoms with E-state index in [4.69, 9.17) is 0 Å². The molecule has 0 bridgehead atoms. The zero-order valence-electron chi connectivity index (χ0n) is 19.0. The number of amides is 1. The van der Waals surface area contributed by atoms with Gasteiger partial charge in [-0.3, -0.25) is 19.5 Å². The number of anilines is 1. The molecule has 4 rings (SSSR count). The average molecular weight is 441 g/mol.